The van der Waals surface area contributed by atoms with E-state index < -0.39 is 6.10 Å². The van der Waals surface area contributed by atoms with Gasteiger partial charge in [0.1, 0.15) is 13.2 Å². The molecule has 2 unspecified atom stereocenters. The number of hydrogen-bond acceptors (Lipinski definition) is 6. The van der Waals surface area contributed by atoms with Crippen molar-refractivity contribution in [1.82, 2.24) is 0 Å². The molecular formula is C57H110O6. The third-order valence-corrected chi connectivity index (χ3v) is 13.7. The molecule has 0 aromatic heterocycles. The maximum Gasteiger partial charge on any atom is 0.306 e. The molecule has 0 saturated carbocycles. The van der Waals surface area contributed by atoms with Crippen LogP contribution in [0.5, 0.6) is 0 Å². The number of hydrogen-bond donors (Lipinski definition) is 0. The zero-order valence-electron chi connectivity index (χ0n) is 43.2. The molecule has 6 heteroatoms. The van der Waals surface area contributed by atoms with E-state index in [1.165, 1.54) is 205 Å². The van der Waals surface area contributed by atoms with Crippen LogP contribution in [0, 0.1) is 11.8 Å². The van der Waals surface area contributed by atoms with E-state index in [4.69, 9.17) is 14.2 Å². The monoisotopic (exact) mass is 891 g/mol. The lowest BCUT2D eigenvalue weighted by Crippen LogP contribution is -2.30. The van der Waals surface area contributed by atoms with Gasteiger partial charge in [0.25, 0.3) is 0 Å². The number of ether oxygens (including phenoxy) is 3. The Morgan fingerprint density at radius 2 is 0.556 bits per heavy atom. The molecule has 0 aliphatic heterocycles. The van der Waals surface area contributed by atoms with Crippen LogP contribution in [0.2, 0.25) is 0 Å². The number of unbranched alkanes of at least 4 members (excludes halogenated alkanes) is 34. The number of carbonyl (C=O) groups is 3. The Hall–Kier alpha value is -1.59. The van der Waals surface area contributed by atoms with Gasteiger partial charge in [-0.3, -0.25) is 14.4 Å². The molecule has 0 rings (SSSR count). The normalized spacial score (nSPS) is 12.9. The van der Waals surface area contributed by atoms with Gasteiger partial charge < -0.3 is 14.2 Å². The molecule has 0 spiro atoms. The van der Waals surface area contributed by atoms with Crippen LogP contribution in [-0.2, 0) is 28.6 Å². The minimum Gasteiger partial charge on any atom is -0.462 e. The Balaban J connectivity index is 4.22. The van der Waals surface area contributed by atoms with E-state index >= 15 is 0 Å². The molecule has 0 amide bonds. The Bertz CT molecular complexity index is 966. The molecule has 0 radical (unpaired) electrons. The molecule has 63 heavy (non-hydrogen) atoms. The second-order valence-electron chi connectivity index (χ2n) is 20.1. The summed E-state index contributed by atoms with van der Waals surface area (Å²) in [7, 11) is 0. The molecule has 0 aromatic carbocycles. The van der Waals surface area contributed by atoms with E-state index in [0.29, 0.717) is 19.3 Å². The first kappa shape index (κ1) is 61.4. The van der Waals surface area contributed by atoms with Crippen LogP contribution >= 0.6 is 0 Å². The second-order valence-corrected chi connectivity index (χ2v) is 20.1. The average molecular weight is 892 g/mol. The lowest BCUT2D eigenvalue weighted by Gasteiger charge is -2.18. The SMILES string of the molecule is CCCCCCCCCCCCCC(=O)OC[C@@H](COC(=O)CCCCCCCCCCC(C)CC)OC(=O)CCCCCCCCCCCCCCCCCCCCC(C)CC. The van der Waals surface area contributed by atoms with E-state index in [1.807, 2.05) is 0 Å². The van der Waals surface area contributed by atoms with Crippen molar-refractivity contribution in [2.75, 3.05) is 13.2 Å². The first-order valence-corrected chi connectivity index (χ1v) is 28.3. The lowest BCUT2D eigenvalue weighted by atomic mass is 9.99. The highest BCUT2D eigenvalue weighted by atomic mass is 16.6. The molecule has 6 nitrogen and oxygen atoms in total. The molecule has 0 N–H and O–H groups in total. The van der Waals surface area contributed by atoms with Crippen molar-refractivity contribution in [2.45, 2.75) is 323 Å². The van der Waals surface area contributed by atoms with Crippen LogP contribution in [0.3, 0.4) is 0 Å². The molecule has 0 aliphatic carbocycles. The summed E-state index contributed by atoms with van der Waals surface area (Å²) in [5.74, 6) is 0.912. The highest BCUT2D eigenvalue weighted by Gasteiger charge is 2.19. The molecule has 0 fully saturated rings. The predicted octanol–water partition coefficient (Wildman–Crippen LogP) is 18.5. The number of carbonyl (C=O) groups excluding carboxylic acids is 3. The van der Waals surface area contributed by atoms with Gasteiger partial charge in [0.15, 0.2) is 6.10 Å². The van der Waals surface area contributed by atoms with E-state index in [1.54, 1.807) is 0 Å². The molecule has 0 bridgehead atoms. The third-order valence-electron chi connectivity index (χ3n) is 13.7. The smallest absolute Gasteiger partial charge is 0.306 e. The van der Waals surface area contributed by atoms with Crippen molar-refractivity contribution in [1.29, 1.82) is 0 Å². The van der Waals surface area contributed by atoms with Gasteiger partial charge in [-0.1, -0.05) is 279 Å². The zero-order valence-corrected chi connectivity index (χ0v) is 43.2. The van der Waals surface area contributed by atoms with Crippen molar-refractivity contribution >= 4 is 17.9 Å². The molecule has 0 saturated heterocycles. The molecule has 0 aromatic rings. The lowest BCUT2D eigenvalue weighted by molar-refractivity contribution is -0.167. The summed E-state index contributed by atoms with van der Waals surface area (Å²) in [6, 6.07) is 0. The summed E-state index contributed by atoms with van der Waals surface area (Å²) in [5, 5.41) is 0. The number of rotatable bonds is 51. The van der Waals surface area contributed by atoms with Crippen LogP contribution in [0.25, 0.3) is 0 Å². The fourth-order valence-electron chi connectivity index (χ4n) is 8.63. The van der Waals surface area contributed by atoms with Gasteiger partial charge in [-0.2, -0.15) is 0 Å². The van der Waals surface area contributed by atoms with Crippen LogP contribution in [0.4, 0.5) is 0 Å². The maximum absolute atomic E-state index is 12.8. The highest BCUT2D eigenvalue weighted by Crippen LogP contribution is 2.19. The fourth-order valence-corrected chi connectivity index (χ4v) is 8.63. The van der Waals surface area contributed by atoms with Gasteiger partial charge in [0, 0.05) is 19.3 Å². The minimum atomic E-state index is -0.762. The van der Waals surface area contributed by atoms with Gasteiger partial charge >= 0.3 is 17.9 Å². The van der Waals surface area contributed by atoms with Crippen molar-refractivity contribution in [3.05, 3.63) is 0 Å². The van der Waals surface area contributed by atoms with E-state index in [2.05, 4.69) is 34.6 Å². The van der Waals surface area contributed by atoms with E-state index in [0.717, 1.165) is 69.6 Å². The van der Waals surface area contributed by atoms with Crippen molar-refractivity contribution in [3.63, 3.8) is 0 Å². The van der Waals surface area contributed by atoms with Crippen molar-refractivity contribution < 1.29 is 28.6 Å². The van der Waals surface area contributed by atoms with Gasteiger partial charge in [-0.25, -0.2) is 0 Å². The van der Waals surface area contributed by atoms with Crippen LogP contribution in [-0.4, -0.2) is 37.2 Å². The summed E-state index contributed by atoms with van der Waals surface area (Å²) in [6.07, 6.45) is 52.3. The Kier molecular flexibility index (Phi) is 48.6. The molecule has 0 aliphatic rings. The van der Waals surface area contributed by atoms with Crippen molar-refractivity contribution in [2.24, 2.45) is 11.8 Å². The molecular weight excluding hydrogens is 781 g/mol. The summed E-state index contributed by atoms with van der Waals surface area (Å²) >= 11 is 0. The van der Waals surface area contributed by atoms with Gasteiger partial charge in [0.05, 0.1) is 0 Å². The van der Waals surface area contributed by atoms with Gasteiger partial charge in [0.2, 0.25) is 0 Å². The van der Waals surface area contributed by atoms with Gasteiger partial charge in [-0.05, 0) is 31.1 Å². The highest BCUT2D eigenvalue weighted by molar-refractivity contribution is 5.71. The van der Waals surface area contributed by atoms with E-state index in [-0.39, 0.29) is 31.1 Å². The summed E-state index contributed by atoms with van der Waals surface area (Å²) in [5.41, 5.74) is 0. The standard InChI is InChI=1S/C57H110O6/c1-6-9-10-11-12-13-22-26-32-37-42-47-55(58)61-50-54(51-62-56(59)48-43-38-33-29-28-31-36-41-46-53(5)8-3)63-57(60)49-44-39-34-27-24-21-19-17-15-14-16-18-20-23-25-30-35-40-45-52(4)7-2/h52-54H,6-51H2,1-5H3/t52?,53?,54-/m0/s1. The van der Waals surface area contributed by atoms with Crippen molar-refractivity contribution in [3.8, 4) is 0 Å². The Morgan fingerprint density at radius 1 is 0.317 bits per heavy atom. The molecule has 0 heterocycles. The fraction of sp³-hybridized carbons (Fsp3) is 0.947. The zero-order chi connectivity index (χ0) is 46.1. The first-order valence-electron chi connectivity index (χ1n) is 28.3. The van der Waals surface area contributed by atoms with Crippen LogP contribution in [0.1, 0.15) is 317 Å². The summed E-state index contributed by atoms with van der Waals surface area (Å²) in [4.78, 5) is 38.0. The third kappa shape index (κ3) is 48.2. The summed E-state index contributed by atoms with van der Waals surface area (Å²) < 4.78 is 16.8. The van der Waals surface area contributed by atoms with Crippen LogP contribution in [0.15, 0.2) is 0 Å². The number of esters is 3. The summed E-state index contributed by atoms with van der Waals surface area (Å²) in [6.45, 7) is 11.4. The first-order chi connectivity index (χ1) is 30.8. The largest absolute Gasteiger partial charge is 0.462 e. The Morgan fingerprint density at radius 3 is 0.825 bits per heavy atom. The second kappa shape index (κ2) is 49.8. The van der Waals surface area contributed by atoms with E-state index in [9.17, 15) is 14.4 Å². The Labute approximate surface area is 393 Å². The average Bonchev–Trinajstić information content (AvgIpc) is 3.28. The molecule has 374 valence electrons. The predicted molar refractivity (Wildman–Crippen MR) is 270 cm³/mol. The van der Waals surface area contributed by atoms with Crippen LogP contribution < -0.4 is 0 Å². The quantitative estimate of drug-likeness (QED) is 0.0344. The minimum absolute atomic E-state index is 0.0634. The maximum atomic E-state index is 12.8. The molecule has 3 atom stereocenters. The topological polar surface area (TPSA) is 78.9 Å². The van der Waals surface area contributed by atoms with Gasteiger partial charge in [-0.15, -0.1) is 0 Å².